The molecule has 0 atom stereocenters. The van der Waals surface area contributed by atoms with Gasteiger partial charge in [-0.1, -0.05) is 17.7 Å². The maximum Gasteiger partial charge on any atom is 0.227 e. The molecular formula is C28H37ClFN5O6. The van der Waals surface area contributed by atoms with Gasteiger partial charge < -0.3 is 35.2 Å². The second-order valence-electron chi connectivity index (χ2n) is 10.8. The minimum absolute atomic E-state index is 0.139. The van der Waals surface area contributed by atoms with Gasteiger partial charge in [0.05, 0.1) is 56.2 Å². The Morgan fingerprint density at radius 2 is 1.76 bits per heavy atom. The van der Waals surface area contributed by atoms with Crippen molar-refractivity contribution < 1.29 is 34.0 Å². The van der Waals surface area contributed by atoms with Crippen molar-refractivity contribution in [3.05, 3.63) is 47.0 Å². The van der Waals surface area contributed by atoms with Gasteiger partial charge in [-0.15, -0.1) is 0 Å². The number of benzene rings is 1. The van der Waals surface area contributed by atoms with Crippen molar-refractivity contribution in [2.75, 3.05) is 57.5 Å². The standard InChI is InChI=1S/C28H37ClFN5O6/c29-22-12-31-27(32-13-22)34-7-5-19(6-8-34)2-1-9-41-23-4-3-20(24(30)11-23)10-25(39)35-14-21(15-35)26(40)33-28(16-36,17-37)18-38/h3-4,11-13,19,21,36-38H,1-2,5-10,14-18H2,(H,33,40). The van der Waals surface area contributed by atoms with E-state index in [1.807, 2.05) is 0 Å². The van der Waals surface area contributed by atoms with Gasteiger partial charge in [-0.2, -0.15) is 0 Å². The summed E-state index contributed by atoms with van der Waals surface area (Å²) in [6.07, 6.45) is 7.02. The van der Waals surface area contributed by atoms with Crippen LogP contribution in [0.1, 0.15) is 31.2 Å². The van der Waals surface area contributed by atoms with E-state index < -0.39 is 43.0 Å². The molecule has 224 valence electrons. The zero-order valence-corrected chi connectivity index (χ0v) is 23.6. The van der Waals surface area contributed by atoms with E-state index in [0.717, 1.165) is 38.8 Å². The van der Waals surface area contributed by atoms with E-state index in [-0.39, 0.29) is 31.0 Å². The predicted molar refractivity (Wildman–Crippen MR) is 149 cm³/mol. The lowest BCUT2D eigenvalue weighted by atomic mass is 9.92. The van der Waals surface area contributed by atoms with Crippen molar-refractivity contribution in [3.63, 3.8) is 0 Å². The van der Waals surface area contributed by atoms with Crippen LogP contribution in [0.5, 0.6) is 5.75 Å². The number of ether oxygens (including phenoxy) is 1. The summed E-state index contributed by atoms with van der Waals surface area (Å²) in [5.41, 5.74) is -1.27. The fraction of sp³-hybridized carbons (Fsp3) is 0.571. The number of nitrogens with one attached hydrogen (secondary N) is 1. The van der Waals surface area contributed by atoms with Gasteiger partial charge in [0.2, 0.25) is 17.8 Å². The minimum atomic E-state index is -1.51. The van der Waals surface area contributed by atoms with Crippen molar-refractivity contribution in [2.45, 2.75) is 37.6 Å². The highest BCUT2D eigenvalue weighted by molar-refractivity contribution is 6.30. The molecule has 13 heteroatoms. The zero-order chi connectivity index (χ0) is 29.4. The summed E-state index contributed by atoms with van der Waals surface area (Å²) in [4.78, 5) is 37.1. The summed E-state index contributed by atoms with van der Waals surface area (Å²) >= 11 is 5.86. The number of piperidine rings is 1. The summed E-state index contributed by atoms with van der Waals surface area (Å²) < 4.78 is 20.4. The number of anilines is 1. The molecule has 2 aliphatic heterocycles. The maximum absolute atomic E-state index is 14.7. The summed E-state index contributed by atoms with van der Waals surface area (Å²) in [5.74, 6) is -0.150. The van der Waals surface area contributed by atoms with Gasteiger partial charge in [0.25, 0.3) is 0 Å². The number of carbonyl (C=O) groups excluding carboxylic acids is 2. The first kappa shape index (κ1) is 30.9. The quantitative estimate of drug-likeness (QED) is 0.251. The van der Waals surface area contributed by atoms with E-state index in [4.69, 9.17) is 16.3 Å². The third kappa shape index (κ3) is 8.03. The number of aliphatic hydroxyl groups is 3. The van der Waals surface area contributed by atoms with Crippen LogP contribution in [0.3, 0.4) is 0 Å². The Labute approximate surface area is 243 Å². The normalized spacial score (nSPS) is 16.4. The first-order valence-corrected chi connectivity index (χ1v) is 14.2. The molecule has 0 spiro atoms. The van der Waals surface area contributed by atoms with Crippen molar-refractivity contribution >= 4 is 29.4 Å². The first-order valence-electron chi connectivity index (χ1n) is 13.8. The molecule has 1 aromatic carbocycles. The van der Waals surface area contributed by atoms with Crippen LogP contribution in [0, 0.1) is 17.7 Å². The molecule has 0 aliphatic carbocycles. The Morgan fingerprint density at radius 1 is 1.10 bits per heavy atom. The number of hydrogen-bond acceptors (Lipinski definition) is 9. The summed E-state index contributed by atoms with van der Waals surface area (Å²) in [6, 6.07) is 4.48. The first-order chi connectivity index (χ1) is 19.8. The molecule has 4 rings (SSSR count). The van der Waals surface area contributed by atoms with Crippen molar-refractivity contribution in [2.24, 2.45) is 11.8 Å². The third-order valence-electron chi connectivity index (χ3n) is 7.80. The van der Waals surface area contributed by atoms with Crippen LogP contribution in [0.2, 0.25) is 5.02 Å². The number of aromatic nitrogens is 2. The van der Waals surface area contributed by atoms with Crippen LogP contribution < -0.4 is 15.0 Å². The lowest BCUT2D eigenvalue weighted by Gasteiger charge is -2.40. The number of nitrogens with zero attached hydrogens (tertiary/aromatic N) is 4. The number of hydrogen-bond donors (Lipinski definition) is 4. The number of rotatable bonds is 13. The van der Waals surface area contributed by atoms with E-state index in [1.165, 1.54) is 11.0 Å². The topological polar surface area (TPSA) is 148 Å². The Kier molecular flexibility index (Phi) is 10.7. The molecule has 2 aliphatic rings. The Bertz CT molecular complexity index is 1160. The molecule has 2 aromatic rings. The van der Waals surface area contributed by atoms with Gasteiger partial charge >= 0.3 is 0 Å². The molecule has 0 saturated carbocycles. The molecule has 2 amide bonds. The molecule has 41 heavy (non-hydrogen) atoms. The average Bonchev–Trinajstić information content (AvgIpc) is 2.95. The lowest BCUT2D eigenvalue weighted by molar-refractivity contribution is -0.144. The molecule has 2 saturated heterocycles. The maximum atomic E-state index is 14.7. The molecule has 1 aromatic heterocycles. The Hall–Kier alpha value is -3.06. The predicted octanol–water partition coefficient (Wildman–Crippen LogP) is 1.18. The average molecular weight is 594 g/mol. The molecule has 0 radical (unpaired) electrons. The highest BCUT2D eigenvalue weighted by atomic mass is 35.5. The van der Waals surface area contributed by atoms with E-state index >= 15 is 0 Å². The van der Waals surface area contributed by atoms with Crippen LogP contribution in [0.25, 0.3) is 0 Å². The summed E-state index contributed by atoms with van der Waals surface area (Å²) in [5, 5.41) is 31.0. The number of halogens is 2. The van der Waals surface area contributed by atoms with E-state index in [0.29, 0.717) is 29.2 Å². The molecule has 2 fully saturated rings. The number of aliphatic hydroxyl groups excluding tert-OH is 3. The monoisotopic (exact) mass is 593 g/mol. The largest absolute Gasteiger partial charge is 0.493 e. The Balaban J connectivity index is 1.14. The fourth-order valence-electron chi connectivity index (χ4n) is 4.97. The SMILES string of the molecule is O=C(NC(CO)(CO)CO)C1CN(C(=O)Cc2ccc(OCCCC3CCN(c4ncc(Cl)cn4)CC3)cc2F)C1. The smallest absolute Gasteiger partial charge is 0.227 e. The molecule has 11 nitrogen and oxygen atoms in total. The van der Waals surface area contributed by atoms with Crippen LogP contribution in [0.15, 0.2) is 30.6 Å². The number of carbonyl (C=O) groups is 2. The van der Waals surface area contributed by atoms with Crippen molar-refractivity contribution in [3.8, 4) is 5.75 Å². The molecule has 0 unspecified atom stereocenters. The molecular weight excluding hydrogens is 557 g/mol. The van der Waals surface area contributed by atoms with E-state index in [1.54, 1.807) is 24.5 Å². The molecule has 4 N–H and O–H groups in total. The number of likely N-dealkylation sites (tertiary alicyclic amines) is 1. The minimum Gasteiger partial charge on any atom is -0.493 e. The van der Waals surface area contributed by atoms with E-state index in [2.05, 4.69) is 20.2 Å². The summed E-state index contributed by atoms with van der Waals surface area (Å²) in [6.45, 7) is 0.660. The molecule has 3 heterocycles. The third-order valence-corrected chi connectivity index (χ3v) is 7.99. The van der Waals surface area contributed by atoms with Gasteiger partial charge in [-0.3, -0.25) is 9.59 Å². The van der Waals surface area contributed by atoms with Gasteiger partial charge in [-0.25, -0.2) is 14.4 Å². The molecule has 0 bridgehead atoms. The fourth-order valence-corrected chi connectivity index (χ4v) is 5.07. The number of amides is 2. The van der Waals surface area contributed by atoms with Gasteiger partial charge in [-0.05, 0) is 43.2 Å². The van der Waals surface area contributed by atoms with Crippen LogP contribution in [0.4, 0.5) is 10.3 Å². The van der Waals surface area contributed by atoms with Crippen LogP contribution >= 0.6 is 11.6 Å². The highest BCUT2D eigenvalue weighted by Crippen LogP contribution is 2.25. The van der Waals surface area contributed by atoms with Crippen LogP contribution in [-0.4, -0.2) is 100 Å². The highest BCUT2D eigenvalue weighted by Gasteiger charge is 2.39. The van der Waals surface area contributed by atoms with Crippen LogP contribution in [-0.2, 0) is 16.0 Å². The van der Waals surface area contributed by atoms with Crippen molar-refractivity contribution in [1.29, 1.82) is 0 Å². The summed E-state index contributed by atoms with van der Waals surface area (Å²) in [7, 11) is 0. The lowest BCUT2D eigenvalue weighted by Crippen LogP contribution is -2.63. The second kappa shape index (κ2) is 14.2. The zero-order valence-electron chi connectivity index (χ0n) is 22.8. The van der Waals surface area contributed by atoms with Gasteiger partial charge in [0.15, 0.2) is 0 Å². The van der Waals surface area contributed by atoms with Gasteiger partial charge in [0, 0.05) is 32.2 Å². The van der Waals surface area contributed by atoms with Gasteiger partial charge in [0.1, 0.15) is 17.1 Å². The Morgan fingerprint density at radius 3 is 2.37 bits per heavy atom. The van der Waals surface area contributed by atoms with E-state index in [9.17, 15) is 29.3 Å². The second-order valence-corrected chi connectivity index (χ2v) is 11.2. The van der Waals surface area contributed by atoms with Crippen molar-refractivity contribution in [1.82, 2.24) is 20.2 Å².